The number of methoxy groups -OCH3 is 1. The fourth-order valence-corrected chi connectivity index (χ4v) is 3.29. The minimum Gasteiger partial charge on any atom is -0.383 e. The predicted molar refractivity (Wildman–Crippen MR) is 88.1 cm³/mol. The lowest BCUT2D eigenvalue weighted by atomic mass is 9.75. The first-order chi connectivity index (χ1) is 10.3. The maximum Gasteiger partial charge on any atom is 0.202 e. The van der Waals surface area contributed by atoms with E-state index in [4.69, 9.17) is 9.72 Å². The third-order valence-electron chi connectivity index (χ3n) is 3.97. The minimum atomic E-state index is -0.0983. The molecule has 0 saturated carbocycles. The lowest BCUT2D eigenvalue weighted by molar-refractivity contribution is 0.211. The quantitative estimate of drug-likeness (QED) is 0.755. The van der Waals surface area contributed by atoms with Crippen molar-refractivity contribution in [2.24, 2.45) is 0 Å². The second-order valence-corrected chi connectivity index (χ2v) is 5.75. The van der Waals surface area contributed by atoms with Crippen molar-refractivity contribution in [3.8, 4) is 0 Å². The zero-order valence-corrected chi connectivity index (χ0v) is 13.7. The summed E-state index contributed by atoms with van der Waals surface area (Å²) in [5, 5.41) is 4.12. The van der Waals surface area contributed by atoms with Gasteiger partial charge in [0, 0.05) is 25.2 Å². The van der Waals surface area contributed by atoms with Crippen molar-refractivity contribution < 1.29 is 4.74 Å². The Morgan fingerprint density at radius 3 is 2.52 bits per heavy atom. The summed E-state index contributed by atoms with van der Waals surface area (Å²) >= 11 is 1.42. The van der Waals surface area contributed by atoms with Gasteiger partial charge in [0.2, 0.25) is 5.13 Å². The van der Waals surface area contributed by atoms with Crippen LogP contribution < -0.4 is 5.32 Å². The van der Waals surface area contributed by atoms with Gasteiger partial charge in [-0.3, -0.25) is 0 Å². The molecule has 0 radical (unpaired) electrons. The number of hydrogen-bond acceptors (Lipinski definition) is 5. The number of hydrogen-bond donors (Lipinski definition) is 1. The summed E-state index contributed by atoms with van der Waals surface area (Å²) in [6, 6.07) is 10.6. The van der Waals surface area contributed by atoms with Crippen molar-refractivity contribution in [3.05, 3.63) is 41.7 Å². The molecule has 1 aromatic carbocycles. The van der Waals surface area contributed by atoms with Crippen LogP contribution in [-0.4, -0.2) is 29.6 Å². The number of benzene rings is 1. The lowest BCUT2D eigenvalue weighted by Crippen LogP contribution is -2.27. The van der Waals surface area contributed by atoms with Gasteiger partial charge in [0.15, 0.2) is 5.82 Å². The molecule has 0 fully saturated rings. The molecule has 0 aliphatic heterocycles. The lowest BCUT2D eigenvalue weighted by Gasteiger charge is -2.29. The van der Waals surface area contributed by atoms with Crippen molar-refractivity contribution in [1.29, 1.82) is 0 Å². The standard InChI is InChI=1S/C16H23N3OS/c1-4-16(5-2,13-9-7-6-8-10-13)14-18-15(21-19-14)17-11-12-20-3/h6-10H,4-5,11-12H2,1-3H3,(H,17,18,19). The molecule has 2 aromatic rings. The van der Waals surface area contributed by atoms with Crippen LogP contribution in [0.2, 0.25) is 0 Å². The predicted octanol–water partition coefficient (Wildman–Crippen LogP) is 3.70. The minimum absolute atomic E-state index is 0.0983. The van der Waals surface area contributed by atoms with Crippen LogP contribution in [0.5, 0.6) is 0 Å². The molecule has 2 rings (SSSR count). The molecule has 0 unspecified atom stereocenters. The number of nitrogens with one attached hydrogen (secondary N) is 1. The molecule has 1 heterocycles. The van der Waals surface area contributed by atoms with E-state index in [-0.39, 0.29) is 5.41 Å². The third-order valence-corrected chi connectivity index (χ3v) is 4.64. The molecule has 0 atom stereocenters. The molecule has 21 heavy (non-hydrogen) atoms. The Morgan fingerprint density at radius 1 is 1.19 bits per heavy atom. The van der Waals surface area contributed by atoms with Gasteiger partial charge in [-0.05, 0) is 18.4 Å². The van der Waals surface area contributed by atoms with Crippen LogP contribution in [0.3, 0.4) is 0 Å². The van der Waals surface area contributed by atoms with Gasteiger partial charge in [0.05, 0.1) is 12.0 Å². The summed E-state index contributed by atoms with van der Waals surface area (Å²) in [5.41, 5.74) is 1.19. The average molecular weight is 305 g/mol. The first-order valence-electron chi connectivity index (χ1n) is 7.39. The van der Waals surface area contributed by atoms with E-state index in [2.05, 4.69) is 47.8 Å². The molecule has 0 aliphatic carbocycles. The molecule has 0 saturated heterocycles. The maximum absolute atomic E-state index is 5.04. The molecule has 0 aliphatic rings. The third kappa shape index (κ3) is 3.41. The van der Waals surface area contributed by atoms with E-state index in [1.807, 2.05) is 6.07 Å². The average Bonchev–Trinajstić information content (AvgIpc) is 3.00. The van der Waals surface area contributed by atoms with E-state index in [1.54, 1.807) is 7.11 Å². The highest BCUT2D eigenvalue weighted by molar-refractivity contribution is 7.09. The van der Waals surface area contributed by atoms with E-state index in [0.717, 1.165) is 30.3 Å². The van der Waals surface area contributed by atoms with Crippen LogP contribution in [0.15, 0.2) is 30.3 Å². The van der Waals surface area contributed by atoms with Crippen LogP contribution in [0, 0.1) is 0 Å². The topological polar surface area (TPSA) is 47.0 Å². The largest absolute Gasteiger partial charge is 0.383 e. The Morgan fingerprint density at radius 2 is 1.90 bits per heavy atom. The van der Waals surface area contributed by atoms with Gasteiger partial charge in [-0.2, -0.15) is 4.37 Å². The van der Waals surface area contributed by atoms with Gasteiger partial charge in [0.1, 0.15) is 0 Å². The van der Waals surface area contributed by atoms with Crippen molar-refractivity contribution in [2.45, 2.75) is 32.1 Å². The zero-order valence-electron chi connectivity index (χ0n) is 12.9. The van der Waals surface area contributed by atoms with Crippen molar-refractivity contribution in [1.82, 2.24) is 9.36 Å². The summed E-state index contributed by atoms with van der Waals surface area (Å²) in [5.74, 6) is 0.920. The fraction of sp³-hybridized carbons (Fsp3) is 0.500. The summed E-state index contributed by atoms with van der Waals surface area (Å²) in [6.07, 6.45) is 1.98. The molecule has 0 bridgehead atoms. The number of rotatable bonds is 8. The Balaban J connectivity index is 2.27. The van der Waals surface area contributed by atoms with E-state index >= 15 is 0 Å². The van der Waals surface area contributed by atoms with Gasteiger partial charge in [-0.25, -0.2) is 4.98 Å². The van der Waals surface area contributed by atoms with E-state index in [0.29, 0.717) is 6.61 Å². The maximum atomic E-state index is 5.04. The van der Waals surface area contributed by atoms with E-state index < -0.39 is 0 Å². The summed E-state index contributed by atoms with van der Waals surface area (Å²) in [7, 11) is 1.70. The van der Waals surface area contributed by atoms with Crippen LogP contribution in [0.4, 0.5) is 5.13 Å². The second kappa shape index (κ2) is 7.52. The molecule has 0 amide bonds. The molecule has 1 N–H and O–H groups in total. The molecular weight excluding hydrogens is 282 g/mol. The van der Waals surface area contributed by atoms with Gasteiger partial charge in [-0.1, -0.05) is 44.2 Å². The molecule has 114 valence electrons. The first-order valence-corrected chi connectivity index (χ1v) is 8.16. The van der Waals surface area contributed by atoms with Gasteiger partial charge in [-0.15, -0.1) is 0 Å². The number of nitrogens with zero attached hydrogens (tertiary/aromatic N) is 2. The molecule has 1 aromatic heterocycles. The highest BCUT2D eigenvalue weighted by atomic mass is 32.1. The smallest absolute Gasteiger partial charge is 0.202 e. The van der Waals surface area contributed by atoms with Crippen LogP contribution in [0.25, 0.3) is 0 Å². The Hall–Kier alpha value is -1.46. The molecule has 4 nitrogen and oxygen atoms in total. The SMILES string of the molecule is CCC(CC)(c1ccccc1)c1nsc(NCCOC)n1. The Kier molecular flexibility index (Phi) is 5.70. The molecular formula is C16H23N3OS. The summed E-state index contributed by atoms with van der Waals surface area (Å²) in [4.78, 5) is 4.71. The van der Waals surface area contributed by atoms with Crippen molar-refractivity contribution >= 4 is 16.7 Å². The van der Waals surface area contributed by atoms with E-state index in [1.165, 1.54) is 17.1 Å². The van der Waals surface area contributed by atoms with Crippen LogP contribution in [-0.2, 0) is 10.2 Å². The normalized spacial score (nSPS) is 11.6. The first kappa shape index (κ1) is 15.9. The van der Waals surface area contributed by atoms with Crippen LogP contribution >= 0.6 is 11.5 Å². The summed E-state index contributed by atoms with van der Waals surface area (Å²) < 4.78 is 9.66. The Bertz CT molecular complexity index is 537. The number of aromatic nitrogens is 2. The second-order valence-electron chi connectivity index (χ2n) is 5.00. The monoisotopic (exact) mass is 305 g/mol. The van der Waals surface area contributed by atoms with Crippen molar-refractivity contribution in [3.63, 3.8) is 0 Å². The molecule has 0 spiro atoms. The van der Waals surface area contributed by atoms with E-state index in [9.17, 15) is 0 Å². The highest BCUT2D eigenvalue weighted by Gasteiger charge is 2.34. The highest BCUT2D eigenvalue weighted by Crippen LogP contribution is 2.38. The number of anilines is 1. The number of ether oxygens (including phenoxy) is 1. The fourth-order valence-electron chi connectivity index (χ4n) is 2.61. The summed E-state index contributed by atoms with van der Waals surface area (Å²) in [6.45, 7) is 5.83. The molecule has 5 heteroatoms. The zero-order chi connectivity index (χ0) is 15.1. The van der Waals surface area contributed by atoms with Gasteiger partial charge in [0.25, 0.3) is 0 Å². The van der Waals surface area contributed by atoms with Gasteiger partial charge >= 0.3 is 0 Å². The van der Waals surface area contributed by atoms with Crippen LogP contribution in [0.1, 0.15) is 38.1 Å². The Labute approximate surface area is 130 Å². The van der Waals surface area contributed by atoms with Crippen molar-refractivity contribution in [2.75, 3.05) is 25.6 Å². The van der Waals surface area contributed by atoms with Gasteiger partial charge < -0.3 is 10.1 Å².